The number of hydrogen-bond acceptors (Lipinski definition) is 0. The lowest BCUT2D eigenvalue weighted by Gasteiger charge is -2.41. The van der Waals surface area contributed by atoms with Gasteiger partial charge in [0, 0.05) is 5.56 Å². The molecular formula is C27H50N+. The average Bonchev–Trinajstić information content (AvgIpc) is 2.72. The van der Waals surface area contributed by atoms with E-state index in [4.69, 9.17) is 0 Å². The standard InChI is InChI=1S/C27H50N/c1-5-7-9-11-13-15-20-24-28(4,25-21-16-14-12-10-8-6-2)26(3)27-22-18-17-19-23-27/h17-19,22-23,26H,5-16,20-21,24-25H2,1-4H3/q+1. The van der Waals surface area contributed by atoms with Gasteiger partial charge in [0.05, 0.1) is 20.1 Å². The topological polar surface area (TPSA) is 0 Å². The maximum absolute atomic E-state index is 2.52. The van der Waals surface area contributed by atoms with Crippen LogP contribution in [-0.4, -0.2) is 24.6 Å². The van der Waals surface area contributed by atoms with Crippen LogP contribution >= 0.6 is 0 Å². The van der Waals surface area contributed by atoms with Gasteiger partial charge in [-0.05, 0) is 32.6 Å². The maximum Gasteiger partial charge on any atom is 0.112 e. The molecule has 1 atom stereocenters. The van der Waals surface area contributed by atoms with Crippen molar-refractivity contribution in [1.29, 1.82) is 0 Å². The second kappa shape index (κ2) is 16.0. The van der Waals surface area contributed by atoms with E-state index in [0.29, 0.717) is 6.04 Å². The van der Waals surface area contributed by atoms with Crippen LogP contribution in [0.25, 0.3) is 0 Å². The fourth-order valence-corrected chi connectivity index (χ4v) is 4.45. The molecule has 0 spiro atoms. The van der Waals surface area contributed by atoms with Crippen LogP contribution in [-0.2, 0) is 0 Å². The van der Waals surface area contributed by atoms with Gasteiger partial charge in [-0.15, -0.1) is 0 Å². The summed E-state index contributed by atoms with van der Waals surface area (Å²) in [5.74, 6) is 0. The van der Waals surface area contributed by atoms with Gasteiger partial charge in [0.25, 0.3) is 0 Å². The van der Waals surface area contributed by atoms with Crippen molar-refractivity contribution in [3.05, 3.63) is 35.9 Å². The first-order valence-corrected chi connectivity index (χ1v) is 12.5. The van der Waals surface area contributed by atoms with Crippen LogP contribution < -0.4 is 0 Å². The zero-order valence-electron chi connectivity index (χ0n) is 19.7. The molecule has 1 rings (SSSR count). The van der Waals surface area contributed by atoms with E-state index < -0.39 is 0 Å². The molecule has 0 aromatic heterocycles. The van der Waals surface area contributed by atoms with Gasteiger partial charge < -0.3 is 4.48 Å². The molecule has 1 heteroatoms. The molecule has 0 fully saturated rings. The molecule has 0 saturated heterocycles. The first-order valence-electron chi connectivity index (χ1n) is 12.5. The van der Waals surface area contributed by atoms with Gasteiger partial charge in [-0.3, -0.25) is 0 Å². The van der Waals surface area contributed by atoms with Crippen molar-refractivity contribution in [2.75, 3.05) is 20.1 Å². The number of hydrogen-bond donors (Lipinski definition) is 0. The quantitative estimate of drug-likeness (QED) is 0.174. The second-order valence-electron chi connectivity index (χ2n) is 9.26. The smallest absolute Gasteiger partial charge is 0.112 e. The highest BCUT2D eigenvalue weighted by atomic mass is 15.3. The van der Waals surface area contributed by atoms with Crippen molar-refractivity contribution >= 4 is 0 Å². The highest BCUT2D eigenvalue weighted by Gasteiger charge is 2.29. The molecule has 0 heterocycles. The predicted molar refractivity (Wildman–Crippen MR) is 127 cm³/mol. The fraction of sp³-hybridized carbons (Fsp3) is 0.778. The summed E-state index contributed by atoms with van der Waals surface area (Å²) < 4.78 is 1.22. The molecule has 1 aromatic carbocycles. The van der Waals surface area contributed by atoms with Crippen LogP contribution in [0.5, 0.6) is 0 Å². The van der Waals surface area contributed by atoms with E-state index in [9.17, 15) is 0 Å². The van der Waals surface area contributed by atoms with Gasteiger partial charge in [0.2, 0.25) is 0 Å². The van der Waals surface area contributed by atoms with Crippen molar-refractivity contribution in [1.82, 2.24) is 0 Å². The van der Waals surface area contributed by atoms with E-state index in [2.05, 4.69) is 58.2 Å². The molecule has 1 nitrogen and oxygen atoms in total. The van der Waals surface area contributed by atoms with Crippen LogP contribution in [0.1, 0.15) is 122 Å². The fourth-order valence-electron chi connectivity index (χ4n) is 4.45. The highest BCUT2D eigenvalue weighted by molar-refractivity contribution is 5.16. The first kappa shape index (κ1) is 25.2. The Morgan fingerprint density at radius 3 is 1.43 bits per heavy atom. The van der Waals surface area contributed by atoms with Crippen molar-refractivity contribution in [2.45, 2.75) is 117 Å². The second-order valence-corrected chi connectivity index (χ2v) is 9.26. The van der Waals surface area contributed by atoms with Gasteiger partial charge in [-0.1, -0.05) is 108 Å². The van der Waals surface area contributed by atoms with Crippen LogP contribution in [0, 0.1) is 0 Å². The highest BCUT2D eigenvalue weighted by Crippen LogP contribution is 2.28. The summed E-state index contributed by atoms with van der Waals surface area (Å²) in [5, 5.41) is 0. The molecule has 0 amide bonds. The molecule has 0 saturated carbocycles. The molecule has 1 aromatic rings. The summed E-state index contributed by atoms with van der Waals surface area (Å²) >= 11 is 0. The third-order valence-corrected chi connectivity index (χ3v) is 6.76. The van der Waals surface area contributed by atoms with E-state index in [0.717, 1.165) is 0 Å². The van der Waals surface area contributed by atoms with Gasteiger partial charge in [-0.2, -0.15) is 0 Å². The van der Waals surface area contributed by atoms with E-state index in [1.54, 1.807) is 0 Å². The van der Waals surface area contributed by atoms with E-state index >= 15 is 0 Å². The maximum atomic E-state index is 2.52. The lowest BCUT2D eigenvalue weighted by atomic mass is 10.0. The minimum absolute atomic E-state index is 0.599. The minimum Gasteiger partial charge on any atom is -0.320 e. The largest absolute Gasteiger partial charge is 0.320 e. The molecule has 28 heavy (non-hydrogen) atoms. The van der Waals surface area contributed by atoms with Crippen molar-refractivity contribution in [3.8, 4) is 0 Å². The number of benzene rings is 1. The first-order chi connectivity index (χ1) is 13.6. The molecule has 0 aliphatic heterocycles. The van der Waals surface area contributed by atoms with E-state index in [-0.39, 0.29) is 0 Å². The molecule has 1 unspecified atom stereocenters. The van der Waals surface area contributed by atoms with Crippen LogP contribution in [0.15, 0.2) is 30.3 Å². The van der Waals surface area contributed by atoms with Gasteiger partial charge in [0.1, 0.15) is 6.04 Å². The molecule has 0 aliphatic rings. The lowest BCUT2D eigenvalue weighted by Crippen LogP contribution is -2.47. The summed E-state index contributed by atoms with van der Waals surface area (Å²) in [6.45, 7) is 9.73. The van der Waals surface area contributed by atoms with Crippen LogP contribution in [0.4, 0.5) is 0 Å². The summed E-state index contributed by atoms with van der Waals surface area (Å²) in [7, 11) is 2.52. The zero-order valence-corrected chi connectivity index (χ0v) is 19.7. The Labute approximate surface area is 177 Å². The molecule has 162 valence electrons. The molecule has 0 aliphatic carbocycles. The number of unbranched alkanes of at least 4 members (excludes halogenated alkanes) is 12. The Hall–Kier alpha value is -0.820. The Bertz CT molecular complexity index is 435. The van der Waals surface area contributed by atoms with Crippen molar-refractivity contribution in [2.24, 2.45) is 0 Å². The molecule has 0 radical (unpaired) electrons. The lowest BCUT2D eigenvalue weighted by molar-refractivity contribution is -0.938. The minimum atomic E-state index is 0.599. The van der Waals surface area contributed by atoms with Gasteiger partial charge in [0.15, 0.2) is 0 Å². The van der Waals surface area contributed by atoms with Crippen LogP contribution in [0.3, 0.4) is 0 Å². The van der Waals surface area contributed by atoms with Gasteiger partial charge >= 0.3 is 0 Å². The van der Waals surface area contributed by atoms with Crippen LogP contribution in [0.2, 0.25) is 0 Å². The Morgan fingerprint density at radius 1 is 0.607 bits per heavy atom. The summed E-state index contributed by atoms with van der Waals surface area (Å²) in [4.78, 5) is 0. The summed E-state index contributed by atoms with van der Waals surface area (Å²) in [6.07, 6.45) is 19.7. The monoisotopic (exact) mass is 388 g/mol. The Morgan fingerprint density at radius 2 is 1.00 bits per heavy atom. The normalized spacial score (nSPS) is 13.0. The predicted octanol–water partition coefficient (Wildman–Crippen LogP) is 8.70. The van der Waals surface area contributed by atoms with Gasteiger partial charge in [-0.25, -0.2) is 0 Å². The third kappa shape index (κ3) is 10.6. The molecular weight excluding hydrogens is 338 g/mol. The Balaban J connectivity index is 2.47. The summed E-state index contributed by atoms with van der Waals surface area (Å²) in [6, 6.07) is 11.8. The van der Waals surface area contributed by atoms with Crippen molar-refractivity contribution in [3.63, 3.8) is 0 Å². The van der Waals surface area contributed by atoms with Crippen molar-refractivity contribution < 1.29 is 4.48 Å². The number of rotatable bonds is 18. The molecule has 0 bridgehead atoms. The summed E-state index contributed by atoms with van der Waals surface area (Å²) in [5.41, 5.74) is 1.51. The average molecular weight is 389 g/mol. The Kier molecular flexibility index (Phi) is 14.4. The SMILES string of the molecule is CCCCCCCCC[N+](C)(CCCCCCCCC)C(C)c1ccccc1. The number of quaternary nitrogens is 1. The molecule has 0 N–H and O–H groups in total. The number of nitrogens with zero attached hydrogens (tertiary/aromatic N) is 1. The van der Waals surface area contributed by atoms with E-state index in [1.165, 1.54) is 113 Å². The zero-order chi connectivity index (χ0) is 20.5. The van der Waals surface area contributed by atoms with E-state index in [1.807, 2.05) is 0 Å². The third-order valence-electron chi connectivity index (χ3n) is 6.76.